The number of carbonyl (C=O) groups excluding carboxylic acids is 1. The van der Waals surface area contributed by atoms with Crippen LogP contribution in [0.1, 0.15) is 6.92 Å². The second kappa shape index (κ2) is 7.47. The van der Waals surface area contributed by atoms with Crippen LogP contribution < -0.4 is 5.32 Å². The van der Waals surface area contributed by atoms with E-state index >= 15 is 0 Å². The number of anilines is 1. The van der Waals surface area contributed by atoms with Gasteiger partial charge in [0, 0.05) is 22.5 Å². The molecule has 0 radical (unpaired) electrons. The Hall–Kier alpha value is -1.69. The molecule has 0 aromatic heterocycles. The molecule has 24 heavy (non-hydrogen) atoms. The normalized spacial score (nSPS) is 18.9. The Kier molecular flexibility index (Phi) is 5.33. The maximum atomic E-state index is 12.6. The number of amidine groups is 1. The fourth-order valence-electron chi connectivity index (χ4n) is 2.28. The number of amides is 2. The lowest BCUT2D eigenvalue weighted by Crippen LogP contribution is -2.36. The zero-order valence-electron chi connectivity index (χ0n) is 12.9. The summed E-state index contributed by atoms with van der Waals surface area (Å²) in [5.41, 5.74) is 1.30. The number of para-hydroxylation sites is 1. The van der Waals surface area contributed by atoms with Gasteiger partial charge in [-0.25, -0.2) is 9.79 Å². The van der Waals surface area contributed by atoms with Crippen molar-refractivity contribution < 1.29 is 4.79 Å². The molecule has 2 aromatic carbocycles. The molecule has 124 valence electrons. The number of hydrogen-bond donors (Lipinski definition) is 1. The van der Waals surface area contributed by atoms with Gasteiger partial charge < -0.3 is 5.32 Å². The number of carbonyl (C=O) groups is 1. The van der Waals surface area contributed by atoms with Crippen LogP contribution in [0.5, 0.6) is 0 Å². The maximum absolute atomic E-state index is 12.6. The average molecular weight is 380 g/mol. The fraction of sp³-hybridized carbons (Fsp3) is 0.176. The lowest BCUT2D eigenvalue weighted by atomic mass is 10.3. The summed E-state index contributed by atoms with van der Waals surface area (Å²) in [5.74, 6) is 0. The molecule has 1 N–H and O–H groups in total. The molecule has 1 atom stereocenters. The van der Waals surface area contributed by atoms with Crippen LogP contribution in [0, 0.1) is 0 Å². The van der Waals surface area contributed by atoms with E-state index in [4.69, 9.17) is 23.2 Å². The van der Waals surface area contributed by atoms with Crippen molar-refractivity contribution in [3.05, 3.63) is 58.6 Å². The molecule has 0 bridgehead atoms. The van der Waals surface area contributed by atoms with Crippen molar-refractivity contribution in [3.8, 4) is 0 Å². The first-order valence-corrected chi connectivity index (χ1v) is 9.00. The van der Waals surface area contributed by atoms with Crippen LogP contribution in [-0.2, 0) is 0 Å². The Bertz CT molecular complexity index is 797. The quantitative estimate of drug-likeness (QED) is 0.732. The predicted octanol–water partition coefficient (Wildman–Crippen LogP) is 5.65. The maximum Gasteiger partial charge on any atom is 0.327 e. The van der Waals surface area contributed by atoms with E-state index in [1.54, 1.807) is 47.0 Å². The van der Waals surface area contributed by atoms with E-state index in [9.17, 15) is 4.79 Å². The first-order chi connectivity index (χ1) is 11.5. The number of aliphatic imine (C=N–C) groups is 1. The molecule has 0 spiro atoms. The minimum Gasteiger partial charge on any atom is -0.307 e. The molecule has 0 saturated carbocycles. The first kappa shape index (κ1) is 17.1. The highest BCUT2D eigenvalue weighted by molar-refractivity contribution is 8.14. The van der Waals surface area contributed by atoms with Crippen molar-refractivity contribution in [1.29, 1.82) is 0 Å². The largest absolute Gasteiger partial charge is 0.327 e. The van der Waals surface area contributed by atoms with E-state index in [1.165, 1.54) is 0 Å². The number of nitrogens with zero attached hydrogens (tertiary/aromatic N) is 2. The van der Waals surface area contributed by atoms with Gasteiger partial charge >= 0.3 is 6.03 Å². The van der Waals surface area contributed by atoms with Gasteiger partial charge in [0.1, 0.15) is 0 Å². The van der Waals surface area contributed by atoms with E-state index in [-0.39, 0.29) is 11.3 Å². The van der Waals surface area contributed by atoms with Gasteiger partial charge in [0.25, 0.3) is 0 Å². The van der Waals surface area contributed by atoms with E-state index in [0.29, 0.717) is 33.1 Å². The number of nitrogens with one attached hydrogen (secondary N) is 1. The van der Waals surface area contributed by atoms with E-state index in [0.717, 1.165) is 0 Å². The summed E-state index contributed by atoms with van der Waals surface area (Å²) in [6.07, 6.45) is 0. The predicted molar refractivity (Wildman–Crippen MR) is 103 cm³/mol. The highest BCUT2D eigenvalue weighted by atomic mass is 35.5. The summed E-state index contributed by atoms with van der Waals surface area (Å²) >= 11 is 13.7. The molecule has 2 amide bonds. The summed E-state index contributed by atoms with van der Waals surface area (Å²) in [6.45, 7) is 2.64. The fourth-order valence-corrected chi connectivity index (χ4v) is 3.66. The van der Waals surface area contributed by atoms with Gasteiger partial charge in [-0.2, -0.15) is 0 Å². The Morgan fingerprint density at radius 3 is 2.79 bits per heavy atom. The molecule has 0 aliphatic carbocycles. The SMILES string of the molecule is CC1CN(C(=O)Nc2cccc(Cl)c2)C(=Nc2ccccc2Cl)S1. The van der Waals surface area contributed by atoms with Crippen molar-refractivity contribution >= 4 is 57.5 Å². The van der Waals surface area contributed by atoms with Crippen LogP contribution in [0.3, 0.4) is 0 Å². The summed E-state index contributed by atoms with van der Waals surface area (Å²) < 4.78 is 0. The van der Waals surface area contributed by atoms with E-state index in [1.807, 2.05) is 18.2 Å². The molecule has 1 heterocycles. The molecule has 4 nitrogen and oxygen atoms in total. The van der Waals surface area contributed by atoms with Crippen LogP contribution in [0.25, 0.3) is 0 Å². The van der Waals surface area contributed by atoms with E-state index < -0.39 is 0 Å². The van der Waals surface area contributed by atoms with Gasteiger partial charge in [-0.1, -0.05) is 60.1 Å². The minimum atomic E-state index is -0.236. The number of rotatable bonds is 2. The molecule has 1 unspecified atom stereocenters. The molecule has 1 saturated heterocycles. The number of thioether (sulfide) groups is 1. The molecule has 2 aromatic rings. The number of benzene rings is 2. The smallest absolute Gasteiger partial charge is 0.307 e. The highest BCUT2D eigenvalue weighted by Gasteiger charge is 2.31. The summed E-state index contributed by atoms with van der Waals surface area (Å²) in [4.78, 5) is 18.8. The Morgan fingerprint density at radius 2 is 2.04 bits per heavy atom. The lowest BCUT2D eigenvalue weighted by Gasteiger charge is -2.17. The number of hydrogen-bond acceptors (Lipinski definition) is 3. The van der Waals surface area contributed by atoms with Gasteiger partial charge in [0.15, 0.2) is 5.17 Å². The first-order valence-electron chi connectivity index (χ1n) is 7.37. The molecule has 1 fully saturated rings. The van der Waals surface area contributed by atoms with Gasteiger partial charge in [0.05, 0.1) is 10.7 Å². The monoisotopic (exact) mass is 379 g/mol. The van der Waals surface area contributed by atoms with Crippen LogP contribution >= 0.6 is 35.0 Å². The molecule has 7 heteroatoms. The molecular weight excluding hydrogens is 365 g/mol. The van der Waals surface area contributed by atoms with Gasteiger partial charge in [0.2, 0.25) is 0 Å². The molecule has 1 aliphatic rings. The van der Waals surface area contributed by atoms with Crippen molar-refractivity contribution in [2.75, 3.05) is 11.9 Å². The van der Waals surface area contributed by atoms with Crippen molar-refractivity contribution in [1.82, 2.24) is 4.90 Å². The Morgan fingerprint density at radius 1 is 1.25 bits per heavy atom. The van der Waals surface area contributed by atoms with Gasteiger partial charge in [-0.05, 0) is 30.3 Å². The van der Waals surface area contributed by atoms with Gasteiger partial charge in [-0.15, -0.1) is 0 Å². The summed E-state index contributed by atoms with van der Waals surface area (Å²) in [7, 11) is 0. The Labute approximate surface area is 154 Å². The van der Waals surface area contributed by atoms with Crippen LogP contribution in [0.4, 0.5) is 16.2 Å². The van der Waals surface area contributed by atoms with E-state index in [2.05, 4.69) is 17.2 Å². The lowest BCUT2D eigenvalue weighted by molar-refractivity contribution is 0.235. The molecule has 1 aliphatic heterocycles. The van der Waals surface area contributed by atoms with Crippen LogP contribution in [0.15, 0.2) is 53.5 Å². The van der Waals surface area contributed by atoms with Crippen LogP contribution in [0.2, 0.25) is 10.0 Å². The second-order valence-corrected chi connectivity index (χ2v) is 7.57. The average Bonchev–Trinajstić information content (AvgIpc) is 2.90. The standard InChI is InChI=1S/C17H15Cl2N3OS/c1-11-10-22(16(23)20-13-6-4-5-12(18)9-13)17(24-11)21-15-8-3-2-7-14(15)19/h2-9,11H,10H2,1H3,(H,20,23). The molecule has 3 rings (SSSR count). The third kappa shape index (κ3) is 4.04. The minimum absolute atomic E-state index is 0.236. The number of halogens is 2. The zero-order chi connectivity index (χ0) is 17.1. The van der Waals surface area contributed by atoms with Crippen LogP contribution in [-0.4, -0.2) is 27.9 Å². The third-order valence-corrected chi connectivity index (χ3v) is 5.00. The number of urea groups is 1. The van der Waals surface area contributed by atoms with Crippen molar-refractivity contribution in [2.45, 2.75) is 12.2 Å². The summed E-state index contributed by atoms with van der Waals surface area (Å²) in [6, 6.07) is 14.1. The Balaban J connectivity index is 1.82. The van der Waals surface area contributed by atoms with Gasteiger partial charge in [-0.3, -0.25) is 4.90 Å². The topological polar surface area (TPSA) is 44.7 Å². The van der Waals surface area contributed by atoms with Crippen molar-refractivity contribution in [3.63, 3.8) is 0 Å². The zero-order valence-corrected chi connectivity index (χ0v) is 15.2. The highest BCUT2D eigenvalue weighted by Crippen LogP contribution is 2.31. The van der Waals surface area contributed by atoms with Crippen molar-refractivity contribution in [2.24, 2.45) is 4.99 Å². The molecular formula is C17H15Cl2N3OS. The third-order valence-electron chi connectivity index (χ3n) is 3.37. The second-order valence-electron chi connectivity index (χ2n) is 5.33. The summed E-state index contributed by atoms with van der Waals surface area (Å²) in [5, 5.41) is 4.87.